The molecule has 160 valence electrons. The van der Waals surface area contributed by atoms with Crippen molar-refractivity contribution in [3.8, 4) is 0 Å². The zero-order valence-electron chi connectivity index (χ0n) is 17.4. The highest BCUT2D eigenvalue weighted by atomic mass is 16.5. The molecular formula is C21H26N4O5. The Labute approximate surface area is 173 Å². The minimum absolute atomic E-state index is 0.0446. The number of nitrogen functional groups attached to an aromatic ring is 1. The van der Waals surface area contributed by atoms with Gasteiger partial charge in [0.1, 0.15) is 11.4 Å². The number of H-pyrrole nitrogens is 1. The van der Waals surface area contributed by atoms with E-state index < -0.39 is 17.2 Å². The monoisotopic (exact) mass is 414 g/mol. The SMILES string of the molecule is CCCCn1c(N)c(N(CC)C(=O)c2oc3ccccc3c2COC)c(=O)[nH]c1=O. The van der Waals surface area contributed by atoms with E-state index in [1.54, 1.807) is 19.1 Å². The number of amides is 1. The van der Waals surface area contributed by atoms with Gasteiger partial charge >= 0.3 is 5.69 Å². The van der Waals surface area contributed by atoms with E-state index >= 15 is 0 Å². The molecule has 3 N–H and O–H groups in total. The van der Waals surface area contributed by atoms with Crippen molar-refractivity contribution < 1.29 is 13.9 Å². The summed E-state index contributed by atoms with van der Waals surface area (Å²) in [7, 11) is 1.53. The average molecular weight is 414 g/mol. The summed E-state index contributed by atoms with van der Waals surface area (Å²) in [5, 5.41) is 0.758. The van der Waals surface area contributed by atoms with Gasteiger partial charge in [0.2, 0.25) is 0 Å². The van der Waals surface area contributed by atoms with Gasteiger partial charge in [-0.3, -0.25) is 24.0 Å². The van der Waals surface area contributed by atoms with E-state index in [9.17, 15) is 14.4 Å². The second kappa shape index (κ2) is 9.00. The number of anilines is 2. The quantitative estimate of drug-likeness (QED) is 0.584. The molecule has 2 heterocycles. The summed E-state index contributed by atoms with van der Waals surface area (Å²) >= 11 is 0. The maximum Gasteiger partial charge on any atom is 0.330 e. The number of unbranched alkanes of at least 4 members (excludes halogenated alkanes) is 1. The molecule has 0 aliphatic rings. The number of hydrogen-bond donors (Lipinski definition) is 2. The fourth-order valence-electron chi connectivity index (χ4n) is 3.46. The van der Waals surface area contributed by atoms with Crippen LogP contribution in [-0.2, 0) is 17.9 Å². The van der Waals surface area contributed by atoms with Gasteiger partial charge in [0, 0.05) is 31.1 Å². The Morgan fingerprint density at radius 1 is 1.27 bits per heavy atom. The molecule has 0 aliphatic carbocycles. The molecular weight excluding hydrogens is 388 g/mol. The first kappa shape index (κ1) is 21.4. The number of nitrogens with two attached hydrogens (primary N) is 1. The number of fused-ring (bicyclic) bond motifs is 1. The summed E-state index contributed by atoms with van der Waals surface area (Å²) in [6.07, 6.45) is 1.55. The standard InChI is InChI=1S/C21H26N4O5/c1-4-6-11-25-18(22)16(19(26)23-21(25)28)24(5-2)20(27)17-14(12-29-3)13-9-7-8-10-15(13)30-17/h7-10H,4-6,11-12,22H2,1-3H3,(H,23,26,28). The number of nitrogens with zero attached hydrogens (tertiary/aromatic N) is 2. The Bertz CT molecular complexity index is 1170. The number of rotatable bonds is 8. The van der Waals surface area contributed by atoms with E-state index in [0.717, 1.165) is 11.8 Å². The number of carbonyl (C=O) groups is 1. The number of furan rings is 1. The van der Waals surface area contributed by atoms with E-state index in [1.165, 1.54) is 16.6 Å². The van der Waals surface area contributed by atoms with Crippen molar-refractivity contribution in [3.63, 3.8) is 0 Å². The van der Waals surface area contributed by atoms with Crippen molar-refractivity contribution in [3.05, 3.63) is 56.4 Å². The summed E-state index contributed by atoms with van der Waals surface area (Å²) in [6.45, 7) is 4.36. The van der Waals surface area contributed by atoms with Crippen molar-refractivity contribution in [1.82, 2.24) is 9.55 Å². The fourth-order valence-corrected chi connectivity index (χ4v) is 3.46. The molecule has 2 aromatic heterocycles. The summed E-state index contributed by atoms with van der Waals surface area (Å²) in [4.78, 5) is 41.8. The molecule has 30 heavy (non-hydrogen) atoms. The van der Waals surface area contributed by atoms with Gasteiger partial charge in [-0.15, -0.1) is 0 Å². The average Bonchev–Trinajstić information content (AvgIpc) is 3.09. The number of methoxy groups -OCH3 is 1. The molecule has 3 rings (SSSR count). The van der Waals surface area contributed by atoms with Crippen LogP contribution in [0.15, 0.2) is 38.3 Å². The third-order valence-electron chi connectivity index (χ3n) is 4.96. The van der Waals surface area contributed by atoms with E-state index in [-0.39, 0.29) is 30.4 Å². The lowest BCUT2D eigenvalue weighted by Gasteiger charge is -2.22. The predicted molar refractivity (Wildman–Crippen MR) is 115 cm³/mol. The summed E-state index contributed by atoms with van der Waals surface area (Å²) in [6, 6.07) is 7.25. The second-order valence-corrected chi connectivity index (χ2v) is 6.89. The first-order valence-corrected chi connectivity index (χ1v) is 9.88. The molecule has 1 aromatic carbocycles. The van der Waals surface area contributed by atoms with Crippen molar-refractivity contribution >= 4 is 28.4 Å². The van der Waals surface area contributed by atoms with Crippen LogP contribution in [0.3, 0.4) is 0 Å². The van der Waals surface area contributed by atoms with Crippen LogP contribution < -0.4 is 21.9 Å². The molecule has 0 saturated carbocycles. The minimum Gasteiger partial charge on any atom is -0.450 e. The van der Waals surface area contributed by atoms with Crippen molar-refractivity contribution in [2.75, 3.05) is 24.3 Å². The Morgan fingerprint density at radius 2 is 2.00 bits per heavy atom. The molecule has 0 aliphatic heterocycles. The van der Waals surface area contributed by atoms with Gasteiger partial charge in [0.05, 0.1) is 6.61 Å². The maximum absolute atomic E-state index is 13.4. The Balaban J connectivity index is 2.15. The van der Waals surface area contributed by atoms with E-state index in [2.05, 4.69) is 4.98 Å². The Hall–Kier alpha value is -3.33. The highest BCUT2D eigenvalue weighted by molar-refractivity contribution is 6.09. The topological polar surface area (TPSA) is 124 Å². The molecule has 3 aromatic rings. The fraction of sp³-hybridized carbons (Fsp3) is 0.381. The number of aromatic amines is 1. The van der Waals surface area contributed by atoms with Crippen molar-refractivity contribution in [1.29, 1.82) is 0 Å². The number of nitrogens with one attached hydrogen (secondary N) is 1. The van der Waals surface area contributed by atoms with Gasteiger partial charge in [-0.2, -0.15) is 0 Å². The highest BCUT2D eigenvalue weighted by Gasteiger charge is 2.29. The number of para-hydroxylation sites is 1. The van der Waals surface area contributed by atoms with Crippen LogP contribution in [0.1, 0.15) is 42.8 Å². The van der Waals surface area contributed by atoms with Gasteiger partial charge < -0.3 is 14.9 Å². The van der Waals surface area contributed by atoms with Gasteiger partial charge in [0.25, 0.3) is 11.5 Å². The second-order valence-electron chi connectivity index (χ2n) is 6.89. The normalized spacial score (nSPS) is 11.2. The summed E-state index contributed by atoms with van der Waals surface area (Å²) < 4.78 is 12.4. The lowest BCUT2D eigenvalue weighted by Crippen LogP contribution is -2.41. The first-order chi connectivity index (χ1) is 14.4. The van der Waals surface area contributed by atoms with E-state index in [4.69, 9.17) is 14.9 Å². The maximum atomic E-state index is 13.4. The van der Waals surface area contributed by atoms with Crippen LogP contribution in [0, 0.1) is 0 Å². The van der Waals surface area contributed by atoms with Crippen molar-refractivity contribution in [2.45, 2.75) is 39.8 Å². The van der Waals surface area contributed by atoms with Crippen LogP contribution >= 0.6 is 0 Å². The molecule has 1 amide bonds. The van der Waals surface area contributed by atoms with Crippen LogP contribution in [-0.4, -0.2) is 29.1 Å². The summed E-state index contributed by atoms with van der Waals surface area (Å²) in [5.74, 6) is -0.500. The number of ether oxygens (including phenoxy) is 1. The van der Waals surface area contributed by atoms with Crippen LogP contribution in [0.2, 0.25) is 0 Å². The van der Waals surface area contributed by atoms with Crippen molar-refractivity contribution in [2.24, 2.45) is 0 Å². The molecule has 0 bridgehead atoms. The third kappa shape index (κ3) is 3.76. The van der Waals surface area contributed by atoms with E-state index in [0.29, 0.717) is 24.1 Å². The first-order valence-electron chi connectivity index (χ1n) is 9.88. The molecule has 0 fully saturated rings. The molecule has 0 atom stereocenters. The van der Waals surface area contributed by atoms with Gasteiger partial charge in [-0.25, -0.2) is 4.79 Å². The molecule has 0 spiro atoms. The van der Waals surface area contributed by atoms with Crippen LogP contribution in [0.4, 0.5) is 11.5 Å². The molecule has 9 heteroatoms. The van der Waals surface area contributed by atoms with Gasteiger partial charge in [-0.05, 0) is 19.4 Å². The Kier molecular flexibility index (Phi) is 6.41. The van der Waals surface area contributed by atoms with Gasteiger partial charge in [0.15, 0.2) is 11.4 Å². The van der Waals surface area contributed by atoms with Crippen LogP contribution in [0.5, 0.6) is 0 Å². The number of benzene rings is 1. The zero-order chi connectivity index (χ0) is 21.8. The predicted octanol–water partition coefficient (Wildman–Crippen LogP) is 2.48. The number of hydrogen-bond acceptors (Lipinski definition) is 6. The summed E-state index contributed by atoms with van der Waals surface area (Å²) in [5.41, 5.74) is 5.93. The van der Waals surface area contributed by atoms with Crippen LogP contribution in [0.25, 0.3) is 11.0 Å². The highest BCUT2D eigenvalue weighted by Crippen LogP contribution is 2.29. The van der Waals surface area contributed by atoms with Gasteiger partial charge in [-0.1, -0.05) is 31.5 Å². The number of carbonyl (C=O) groups excluding carboxylic acids is 1. The lowest BCUT2D eigenvalue weighted by atomic mass is 10.1. The molecule has 0 unspecified atom stereocenters. The third-order valence-corrected chi connectivity index (χ3v) is 4.96. The molecule has 0 saturated heterocycles. The lowest BCUT2D eigenvalue weighted by molar-refractivity contribution is 0.0957. The van der Waals surface area contributed by atoms with E-state index in [1.807, 2.05) is 19.1 Å². The molecule has 0 radical (unpaired) electrons. The minimum atomic E-state index is -0.718. The smallest absolute Gasteiger partial charge is 0.330 e. The Morgan fingerprint density at radius 3 is 2.67 bits per heavy atom. The zero-order valence-corrected chi connectivity index (χ0v) is 17.4. The molecule has 9 nitrogen and oxygen atoms in total. The largest absolute Gasteiger partial charge is 0.450 e. The number of aromatic nitrogens is 2.